The number of nitrogens with zero attached hydrogens (tertiary/aromatic N) is 2. The molecular formula is C60H80N2O8S. The van der Waals surface area contributed by atoms with E-state index in [0.29, 0.717) is 25.9 Å². The number of hydrogen-bond donors (Lipinski definition) is 2. The zero-order chi connectivity index (χ0) is 49.7. The van der Waals surface area contributed by atoms with Gasteiger partial charge in [0.2, 0.25) is 5.79 Å². The van der Waals surface area contributed by atoms with Crippen LogP contribution >= 0.6 is 11.8 Å². The van der Waals surface area contributed by atoms with Gasteiger partial charge in [0.25, 0.3) is 5.69 Å². The zero-order valence-corrected chi connectivity index (χ0v) is 43.2. The molecule has 1 fully saturated rings. The molecule has 6 atom stereocenters. The Hall–Kier alpha value is -4.68. The normalized spacial score (nSPS) is 21.8. The number of ether oxygens (including phenoxy) is 3. The molecule has 4 aromatic rings. The van der Waals surface area contributed by atoms with E-state index in [4.69, 9.17) is 24.2 Å². The first-order valence-electron chi connectivity index (χ1n) is 27.1. The van der Waals surface area contributed by atoms with E-state index in [1.165, 1.54) is 95.6 Å². The second kappa shape index (κ2) is 28.5. The molecule has 11 heteroatoms. The number of aliphatic hydroxyl groups is 2. The highest BCUT2D eigenvalue weighted by molar-refractivity contribution is 8.00. The Labute approximate surface area is 427 Å². The van der Waals surface area contributed by atoms with Crippen LogP contribution in [0, 0.1) is 27.9 Å². The molecule has 10 nitrogen and oxygen atoms in total. The predicted molar refractivity (Wildman–Crippen MR) is 290 cm³/mol. The summed E-state index contributed by atoms with van der Waals surface area (Å²) in [6, 6.07) is 27.2. The van der Waals surface area contributed by atoms with Crippen LogP contribution in [0.5, 0.6) is 17.2 Å². The molecule has 384 valence electrons. The Morgan fingerprint density at radius 3 is 2.11 bits per heavy atom. The average molecular weight is 989 g/mol. The van der Waals surface area contributed by atoms with Crippen molar-refractivity contribution in [3.63, 3.8) is 0 Å². The van der Waals surface area contributed by atoms with E-state index in [-0.39, 0.29) is 54.4 Å². The molecule has 2 N–H and O–H groups in total. The summed E-state index contributed by atoms with van der Waals surface area (Å²) in [5.74, 6) is 2.15. The van der Waals surface area contributed by atoms with Gasteiger partial charge < -0.3 is 29.3 Å². The Kier molecular flexibility index (Phi) is 21.7. The fourth-order valence-corrected chi connectivity index (χ4v) is 12.8. The predicted octanol–water partition coefficient (Wildman–Crippen LogP) is 15.6. The lowest BCUT2D eigenvalue weighted by molar-refractivity contribution is -0.384. The maximum Gasteiger partial charge on any atom is 0.269 e. The van der Waals surface area contributed by atoms with Crippen molar-refractivity contribution >= 4 is 33.9 Å². The van der Waals surface area contributed by atoms with E-state index < -0.39 is 10.7 Å². The molecule has 0 aromatic heterocycles. The van der Waals surface area contributed by atoms with Gasteiger partial charge in [-0.2, -0.15) is 11.8 Å². The second-order valence-electron chi connectivity index (χ2n) is 20.0. The molecule has 0 saturated heterocycles. The van der Waals surface area contributed by atoms with E-state index in [9.17, 15) is 20.3 Å². The Bertz CT molecular complexity index is 2330. The van der Waals surface area contributed by atoms with Crippen molar-refractivity contribution in [1.29, 1.82) is 0 Å². The molecule has 71 heavy (non-hydrogen) atoms. The van der Waals surface area contributed by atoms with Crippen molar-refractivity contribution in [3.05, 3.63) is 130 Å². The van der Waals surface area contributed by atoms with Crippen LogP contribution in [0.3, 0.4) is 0 Å². The maximum absolute atomic E-state index is 11.4. The van der Waals surface area contributed by atoms with Gasteiger partial charge in [-0.05, 0) is 114 Å². The van der Waals surface area contributed by atoms with Crippen molar-refractivity contribution < 1.29 is 34.2 Å². The molecule has 7 rings (SSSR count). The monoisotopic (exact) mass is 989 g/mol. The molecular weight excluding hydrogens is 909 g/mol. The van der Waals surface area contributed by atoms with Crippen LogP contribution in [0.1, 0.15) is 159 Å². The standard InChI is InChI=1S/C60H80N2O8S/c1-3-5-6-7-8-9-10-11-12-13-14-15-16-23-39-71-57-43-55(61-68-44-45-28-31-49(32-29-45)62(65)66)53-41-48(26-19-21-36-63)52(27-20-22-37-64)58-54-42-51(69-50-33-30-46-24-17-18-25-47(46)40-50)34-35-56(54)70-60(57,59(53)58)67-38-4-2/h4,17-18,24-25,28-35,40-42,48,52,57-59,63-64H,2-3,5-16,19-23,26-27,36-39,43-44H2,1H3/t48-,52+,57-,58+,59+,60+/m0/s1. The molecule has 0 bridgehead atoms. The zero-order valence-electron chi connectivity index (χ0n) is 42.4. The molecule has 2 aliphatic carbocycles. The van der Waals surface area contributed by atoms with Crippen LogP contribution < -0.4 is 9.47 Å². The molecule has 0 amide bonds. The van der Waals surface area contributed by atoms with Gasteiger partial charge in [-0.15, -0.1) is 6.58 Å². The first kappa shape index (κ1) is 54.1. The lowest BCUT2D eigenvalue weighted by Crippen LogP contribution is -2.64. The number of nitro groups is 1. The number of hydrogen-bond acceptors (Lipinski definition) is 10. The molecule has 0 unspecified atom stereocenters. The van der Waals surface area contributed by atoms with Crippen LogP contribution in [-0.2, 0) is 16.2 Å². The Morgan fingerprint density at radius 1 is 0.789 bits per heavy atom. The summed E-state index contributed by atoms with van der Waals surface area (Å²) in [6.07, 6.45) is 28.1. The molecule has 0 spiro atoms. The molecule has 1 saturated carbocycles. The van der Waals surface area contributed by atoms with Crippen molar-refractivity contribution in [2.24, 2.45) is 22.9 Å². The van der Waals surface area contributed by atoms with E-state index >= 15 is 0 Å². The first-order chi connectivity index (χ1) is 34.9. The van der Waals surface area contributed by atoms with Crippen molar-refractivity contribution in [3.8, 4) is 17.2 Å². The Morgan fingerprint density at radius 2 is 1.44 bits per heavy atom. The average Bonchev–Trinajstić information content (AvgIpc) is 3.38. The number of benzene rings is 4. The van der Waals surface area contributed by atoms with Crippen molar-refractivity contribution in [2.45, 2.75) is 165 Å². The number of allylic oxidation sites excluding steroid dienone is 1. The van der Waals surface area contributed by atoms with Crippen molar-refractivity contribution in [1.82, 2.24) is 0 Å². The van der Waals surface area contributed by atoms with Gasteiger partial charge in [-0.25, -0.2) is 0 Å². The number of nitro benzene ring substituents is 1. The minimum Gasteiger partial charge on any atom is -0.460 e. The topological polar surface area (TPSA) is 133 Å². The first-order valence-corrected chi connectivity index (χ1v) is 28.2. The fourth-order valence-electron chi connectivity index (χ4n) is 11.3. The Balaban J connectivity index is 1.19. The summed E-state index contributed by atoms with van der Waals surface area (Å²) < 4.78 is 21.3. The number of fused-ring (bicyclic) bond motifs is 3. The van der Waals surface area contributed by atoms with Crippen LogP contribution in [0.4, 0.5) is 5.69 Å². The highest BCUT2D eigenvalue weighted by atomic mass is 32.2. The number of oxime groups is 1. The number of non-ortho nitro benzene ring substituents is 1. The number of aliphatic hydroxyl groups excluding tert-OH is 2. The smallest absolute Gasteiger partial charge is 0.269 e. The van der Waals surface area contributed by atoms with E-state index in [0.717, 1.165) is 88.3 Å². The lowest BCUT2D eigenvalue weighted by Gasteiger charge is -2.58. The van der Waals surface area contributed by atoms with Crippen molar-refractivity contribution in [2.75, 3.05) is 25.6 Å². The minimum atomic E-state index is -1.05. The lowest BCUT2D eigenvalue weighted by atomic mass is 9.56. The van der Waals surface area contributed by atoms with Crippen LogP contribution in [0.15, 0.2) is 114 Å². The summed E-state index contributed by atoms with van der Waals surface area (Å²) in [5, 5.41) is 38.6. The largest absolute Gasteiger partial charge is 0.460 e. The van der Waals surface area contributed by atoms with Crippen LogP contribution in [0.2, 0.25) is 0 Å². The molecule has 1 heterocycles. The third kappa shape index (κ3) is 14.7. The summed E-state index contributed by atoms with van der Waals surface area (Å²) in [7, 11) is 0. The summed E-state index contributed by atoms with van der Waals surface area (Å²) in [6.45, 7) is 7.13. The van der Waals surface area contributed by atoms with Crippen LogP contribution in [0.25, 0.3) is 10.8 Å². The van der Waals surface area contributed by atoms with Gasteiger partial charge >= 0.3 is 0 Å². The highest BCUT2D eigenvalue weighted by Crippen LogP contribution is 2.63. The molecule has 4 aromatic carbocycles. The number of unbranched alkanes of at least 4 members (excludes halogenated alkanes) is 15. The fraction of sp³-hybridized carbons (Fsp3) is 0.550. The maximum atomic E-state index is 11.4. The summed E-state index contributed by atoms with van der Waals surface area (Å²) >= 11 is 1.92. The number of thioether (sulfide) groups is 1. The van der Waals surface area contributed by atoms with Crippen LogP contribution in [-0.4, -0.2) is 57.5 Å². The van der Waals surface area contributed by atoms with Gasteiger partial charge in [0.05, 0.1) is 28.4 Å². The molecule has 1 aliphatic heterocycles. The van der Waals surface area contributed by atoms with Gasteiger partial charge in [-0.3, -0.25) is 10.1 Å². The van der Waals surface area contributed by atoms with Gasteiger partial charge in [0.15, 0.2) is 0 Å². The van der Waals surface area contributed by atoms with Gasteiger partial charge in [0.1, 0.15) is 23.9 Å². The highest BCUT2D eigenvalue weighted by Gasteiger charge is 2.64. The molecule has 3 aliphatic rings. The SMILES string of the molecule is C=CCO[C@@]12Oc3ccc(Oc4ccc5ccccc5c4)cc3[C@H]3[C@H](CCCCO)[C@@H](CCCCO)C=C(C(=NOCc4ccc([N+](=O)[O-])cc4)C[C@@H]1SCCCCCCCCCCCCCCCC)[C@H]32. The quantitative estimate of drug-likeness (QED) is 0.0207. The number of rotatable bonds is 33. The van der Waals surface area contributed by atoms with E-state index in [1.54, 1.807) is 12.1 Å². The minimum absolute atomic E-state index is 0.0319. The summed E-state index contributed by atoms with van der Waals surface area (Å²) in [4.78, 5) is 17.3. The second-order valence-corrected chi connectivity index (χ2v) is 21.3. The third-order valence-electron chi connectivity index (χ3n) is 14.9. The third-order valence-corrected chi connectivity index (χ3v) is 16.4. The molecule has 0 radical (unpaired) electrons. The van der Waals surface area contributed by atoms with E-state index in [1.807, 2.05) is 42.1 Å². The van der Waals surface area contributed by atoms with Gasteiger partial charge in [-0.1, -0.05) is 151 Å². The van der Waals surface area contributed by atoms with Gasteiger partial charge in [0, 0.05) is 43.2 Å². The summed E-state index contributed by atoms with van der Waals surface area (Å²) in [5.41, 5.74) is 3.83. The van der Waals surface area contributed by atoms with E-state index in [2.05, 4.69) is 56.0 Å².